The summed E-state index contributed by atoms with van der Waals surface area (Å²) in [6, 6.07) is 2.76. The minimum Gasteiger partial charge on any atom is -0.298 e. The number of nitrogens with one attached hydrogen (secondary N) is 1. The van der Waals surface area contributed by atoms with Crippen LogP contribution in [0.1, 0.15) is 28.1 Å². The van der Waals surface area contributed by atoms with Crippen LogP contribution in [-0.2, 0) is 6.54 Å². The molecule has 1 unspecified atom stereocenters. The molecule has 2 fully saturated rings. The van der Waals surface area contributed by atoms with E-state index in [4.69, 9.17) is 5.84 Å². The molecule has 1 aromatic rings. The molecular formula is C13H20N4OS. The molecule has 104 valence electrons. The Morgan fingerprint density at radius 2 is 2.37 bits per heavy atom. The molecule has 0 aromatic carbocycles. The number of nitrogens with two attached hydrogens (primary N) is 1. The van der Waals surface area contributed by atoms with Gasteiger partial charge in [-0.15, -0.1) is 11.3 Å². The first-order valence-electron chi connectivity index (χ1n) is 6.81. The van der Waals surface area contributed by atoms with Crippen LogP contribution in [0.5, 0.6) is 0 Å². The molecule has 1 atom stereocenters. The largest absolute Gasteiger partial charge is 0.298 e. The molecule has 0 aliphatic carbocycles. The topological polar surface area (TPSA) is 61.6 Å². The number of piperazine rings is 1. The van der Waals surface area contributed by atoms with Gasteiger partial charge in [-0.3, -0.25) is 20.0 Å². The van der Waals surface area contributed by atoms with Gasteiger partial charge >= 0.3 is 0 Å². The van der Waals surface area contributed by atoms with Gasteiger partial charge in [0.1, 0.15) is 0 Å². The van der Waals surface area contributed by atoms with Crippen molar-refractivity contribution < 1.29 is 4.79 Å². The third kappa shape index (κ3) is 2.67. The van der Waals surface area contributed by atoms with Gasteiger partial charge in [-0.05, 0) is 36.4 Å². The van der Waals surface area contributed by atoms with E-state index in [1.54, 1.807) is 0 Å². The summed E-state index contributed by atoms with van der Waals surface area (Å²) in [5.41, 5.74) is 3.32. The molecule has 3 heterocycles. The lowest BCUT2D eigenvalue weighted by molar-refractivity contribution is 0.0938. The first-order chi connectivity index (χ1) is 9.28. The van der Waals surface area contributed by atoms with Crippen molar-refractivity contribution in [2.45, 2.75) is 25.4 Å². The van der Waals surface area contributed by atoms with Crippen molar-refractivity contribution >= 4 is 17.2 Å². The number of carbonyl (C=O) groups is 1. The Bertz CT molecular complexity index is 461. The van der Waals surface area contributed by atoms with E-state index in [2.05, 4.69) is 15.2 Å². The molecule has 1 amide bonds. The number of hydrogen-bond donors (Lipinski definition) is 2. The SMILES string of the molecule is NNC(=O)c1sccc1CN1CCN2CCCC2C1. The molecule has 0 radical (unpaired) electrons. The van der Waals surface area contributed by atoms with Crippen molar-refractivity contribution in [1.82, 2.24) is 15.2 Å². The highest BCUT2D eigenvalue weighted by molar-refractivity contribution is 7.12. The van der Waals surface area contributed by atoms with E-state index < -0.39 is 0 Å². The van der Waals surface area contributed by atoms with Crippen molar-refractivity contribution in [3.63, 3.8) is 0 Å². The predicted molar refractivity (Wildman–Crippen MR) is 75.8 cm³/mol. The molecule has 19 heavy (non-hydrogen) atoms. The van der Waals surface area contributed by atoms with E-state index in [0.29, 0.717) is 0 Å². The third-order valence-corrected chi connectivity index (χ3v) is 5.10. The lowest BCUT2D eigenvalue weighted by atomic mass is 10.1. The zero-order chi connectivity index (χ0) is 13.2. The van der Waals surface area contributed by atoms with Gasteiger partial charge in [0.25, 0.3) is 5.91 Å². The highest BCUT2D eigenvalue weighted by Gasteiger charge is 2.30. The fourth-order valence-electron chi connectivity index (χ4n) is 3.16. The monoisotopic (exact) mass is 280 g/mol. The van der Waals surface area contributed by atoms with Gasteiger partial charge in [0.05, 0.1) is 4.88 Å². The Balaban J connectivity index is 1.65. The Morgan fingerprint density at radius 1 is 1.47 bits per heavy atom. The molecule has 1 aromatic heterocycles. The Labute approximate surface area is 117 Å². The molecule has 3 rings (SSSR count). The zero-order valence-corrected chi connectivity index (χ0v) is 11.8. The third-order valence-electron chi connectivity index (χ3n) is 4.15. The van der Waals surface area contributed by atoms with Gasteiger partial charge in [0.2, 0.25) is 0 Å². The van der Waals surface area contributed by atoms with Crippen molar-refractivity contribution in [3.8, 4) is 0 Å². The van der Waals surface area contributed by atoms with E-state index in [0.717, 1.165) is 42.7 Å². The van der Waals surface area contributed by atoms with Gasteiger partial charge in [-0.25, -0.2) is 5.84 Å². The summed E-state index contributed by atoms with van der Waals surface area (Å²) in [6.45, 7) is 5.50. The average Bonchev–Trinajstić information content (AvgIpc) is 3.06. The second-order valence-electron chi connectivity index (χ2n) is 5.32. The summed E-state index contributed by atoms with van der Waals surface area (Å²) in [5, 5.41) is 1.96. The molecule has 3 N–H and O–H groups in total. The molecule has 0 spiro atoms. The molecule has 0 saturated carbocycles. The molecular weight excluding hydrogens is 260 g/mol. The number of thiophene rings is 1. The molecule has 2 aliphatic heterocycles. The van der Waals surface area contributed by atoms with E-state index in [-0.39, 0.29) is 5.91 Å². The number of nitrogen functional groups attached to an aromatic ring is 1. The quantitative estimate of drug-likeness (QED) is 0.484. The normalized spacial score (nSPS) is 24.4. The Kier molecular flexibility index (Phi) is 3.83. The highest BCUT2D eigenvalue weighted by atomic mass is 32.1. The Morgan fingerprint density at radius 3 is 3.21 bits per heavy atom. The maximum atomic E-state index is 11.7. The van der Waals surface area contributed by atoms with Crippen LogP contribution in [-0.4, -0.2) is 47.9 Å². The van der Waals surface area contributed by atoms with Crippen LogP contribution in [0.2, 0.25) is 0 Å². The van der Waals surface area contributed by atoms with Gasteiger partial charge in [0.15, 0.2) is 0 Å². The minimum atomic E-state index is -0.176. The van der Waals surface area contributed by atoms with Crippen LogP contribution in [0.3, 0.4) is 0 Å². The number of fused-ring (bicyclic) bond motifs is 1. The smallest absolute Gasteiger partial charge is 0.275 e. The van der Waals surface area contributed by atoms with Crippen LogP contribution in [0.25, 0.3) is 0 Å². The molecule has 2 saturated heterocycles. The number of hydrazine groups is 1. The first-order valence-corrected chi connectivity index (χ1v) is 7.69. The molecule has 6 heteroatoms. The fourth-order valence-corrected chi connectivity index (χ4v) is 3.98. The maximum Gasteiger partial charge on any atom is 0.275 e. The molecule has 2 aliphatic rings. The molecule has 0 bridgehead atoms. The zero-order valence-electron chi connectivity index (χ0n) is 11.0. The lowest BCUT2D eigenvalue weighted by Gasteiger charge is -2.37. The highest BCUT2D eigenvalue weighted by Crippen LogP contribution is 2.24. The summed E-state index contributed by atoms with van der Waals surface area (Å²) < 4.78 is 0. The van der Waals surface area contributed by atoms with E-state index in [1.807, 2.05) is 11.4 Å². The molecule has 5 nitrogen and oxygen atoms in total. The van der Waals surface area contributed by atoms with Crippen LogP contribution < -0.4 is 11.3 Å². The first kappa shape index (κ1) is 13.1. The average molecular weight is 280 g/mol. The number of hydrogen-bond acceptors (Lipinski definition) is 5. The second kappa shape index (κ2) is 5.58. The minimum absolute atomic E-state index is 0.176. The number of nitrogens with zero attached hydrogens (tertiary/aromatic N) is 2. The summed E-state index contributed by atoms with van der Waals surface area (Å²) in [6.07, 6.45) is 2.65. The number of carbonyl (C=O) groups excluding carboxylic acids is 1. The predicted octanol–water partition coefficient (Wildman–Crippen LogP) is 0.632. The van der Waals surface area contributed by atoms with Gasteiger partial charge < -0.3 is 0 Å². The van der Waals surface area contributed by atoms with E-state index in [1.165, 1.54) is 30.7 Å². The Hall–Kier alpha value is -0.950. The second-order valence-corrected chi connectivity index (χ2v) is 6.23. The van der Waals surface area contributed by atoms with E-state index >= 15 is 0 Å². The van der Waals surface area contributed by atoms with E-state index in [9.17, 15) is 4.79 Å². The van der Waals surface area contributed by atoms with Crippen LogP contribution in [0, 0.1) is 0 Å². The summed E-state index contributed by atoms with van der Waals surface area (Å²) in [4.78, 5) is 17.5. The van der Waals surface area contributed by atoms with Crippen molar-refractivity contribution in [3.05, 3.63) is 21.9 Å². The maximum absolute atomic E-state index is 11.7. The van der Waals surface area contributed by atoms with Crippen molar-refractivity contribution in [2.75, 3.05) is 26.2 Å². The van der Waals surface area contributed by atoms with Crippen LogP contribution in [0.15, 0.2) is 11.4 Å². The summed E-state index contributed by atoms with van der Waals surface area (Å²) in [7, 11) is 0. The number of amides is 1. The standard InChI is InChI=1S/C13H20N4OS/c14-15-13(18)12-10(3-7-19-12)8-16-5-6-17-4-1-2-11(17)9-16/h3,7,11H,1-2,4-6,8-9,14H2,(H,15,18). The van der Waals surface area contributed by atoms with Crippen molar-refractivity contribution in [1.29, 1.82) is 0 Å². The lowest BCUT2D eigenvalue weighted by Crippen LogP contribution is -2.49. The van der Waals surface area contributed by atoms with Crippen LogP contribution >= 0.6 is 11.3 Å². The van der Waals surface area contributed by atoms with Gasteiger partial charge in [-0.1, -0.05) is 0 Å². The number of rotatable bonds is 3. The summed E-state index contributed by atoms with van der Waals surface area (Å²) in [5.74, 6) is 5.05. The van der Waals surface area contributed by atoms with Crippen molar-refractivity contribution in [2.24, 2.45) is 5.84 Å². The van der Waals surface area contributed by atoms with Gasteiger partial charge in [-0.2, -0.15) is 0 Å². The van der Waals surface area contributed by atoms with Gasteiger partial charge in [0, 0.05) is 32.2 Å². The fraction of sp³-hybridized carbons (Fsp3) is 0.615. The summed E-state index contributed by atoms with van der Waals surface area (Å²) >= 11 is 1.46. The van der Waals surface area contributed by atoms with Crippen LogP contribution in [0.4, 0.5) is 0 Å².